The molecule has 122 valence electrons. The van der Waals surface area contributed by atoms with Crippen LogP contribution in [-0.2, 0) is 4.74 Å². The summed E-state index contributed by atoms with van der Waals surface area (Å²) in [7, 11) is 0. The Hall–Kier alpha value is -1.92. The molecular formula is C17H21N3O2S. The number of rotatable bonds is 5. The van der Waals surface area contributed by atoms with Crippen LogP contribution in [0, 0.1) is 0 Å². The van der Waals surface area contributed by atoms with Crippen LogP contribution in [0.4, 0.5) is 5.69 Å². The molecule has 0 aromatic carbocycles. The van der Waals surface area contributed by atoms with Crippen LogP contribution in [0.2, 0.25) is 0 Å². The lowest BCUT2D eigenvalue weighted by Gasteiger charge is -2.29. The van der Waals surface area contributed by atoms with Crippen molar-refractivity contribution in [3.05, 3.63) is 46.4 Å². The molecule has 1 atom stereocenters. The molecule has 0 saturated carbocycles. The molecule has 0 spiro atoms. The van der Waals surface area contributed by atoms with Crippen molar-refractivity contribution in [1.82, 2.24) is 10.3 Å². The third-order valence-electron chi connectivity index (χ3n) is 3.95. The van der Waals surface area contributed by atoms with E-state index in [2.05, 4.69) is 28.2 Å². The highest BCUT2D eigenvalue weighted by Gasteiger charge is 2.18. The van der Waals surface area contributed by atoms with Crippen molar-refractivity contribution < 1.29 is 9.53 Å². The van der Waals surface area contributed by atoms with Crippen molar-refractivity contribution in [2.24, 2.45) is 0 Å². The number of morpholine rings is 1. The van der Waals surface area contributed by atoms with Gasteiger partial charge in [0.25, 0.3) is 5.91 Å². The molecule has 0 radical (unpaired) electrons. The first-order chi connectivity index (χ1) is 11.3. The molecule has 5 nitrogen and oxygen atoms in total. The largest absolute Gasteiger partial charge is 0.378 e. The summed E-state index contributed by atoms with van der Waals surface area (Å²) in [6.07, 6.45) is 2.56. The van der Waals surface area contributed by atoms with Gasteiger partial charge in [-0.05, 0) is 30.0 Å². The smallest absolute Gasteiger partial charge is 0.270 e. The van der Waals surface area contributed by atoms with Crippen LogP contribution in [0.3, 0.4) is 0 Å². The molecule has 1 N–H and O–H groups in total. The lowest BCUT2D eigenvalue weighted by molar-refractivity contribution is 0.0931. The molecule has 2 aromatic rings. The standard InChI is InChI=1S/C17H21N3O2S/c1-2-14(16-4-3-11-23-16)19-17(21)15-12-13(5-6-18-15)20-7-9-22-10-8-20/h3-6,11-12,14H,2,7-10H2,1H3,(H,19,21). The van der Waals surface area contributed by atoms with E-state index in [4.69, 9.17) is 4.74 Å². The maximum Gasteiger partial charge on any atom is 0.270 e. The van der Waals surface area contributed by atoms with Crippen LogP contribution < -0.4 is 10.2 Å². The third kappa shape index (κ3) is 3.89. The van der Waals surface area contributed by atoms with Gasteiger partial charge in [-0.1, -0.05) is 13.0 Å². The second kappa shape index (κ2) is 7.57. The fourth-order valence-electron chi connectivity index (χ4n) is 2.66. The highest BCUT2D eigenvalue weighted by Crippen LogP contribution is 2.22. The van der Waals surface area contributed by atoms with Gasteiger partial charge in [0, 0.05) is 29.9 Å². The van der Waals surface area contributed by atoms with E-state index in [1.807, 2.05) is 23.6 Å². The molecule has 3 rings (SSSR count). The molecule has 1 aliphatic rings. The number of pyridine rings is 1. The predicted octanol–water partition coefficient (Wildman–Crippen LogP) is 2.86. The Labute approximate surface area is 140 Å². The number of thiophene rings is 1. The van der Waals surface area contributed by atoms with Gasteiger partial charge in [-0.3, -0.25) is 9.78 Å². The molecule has 1 fully saturated rings. The van der Waals surface area contributed by atoms with Gasteiger partial charge in [0.05, 0.1) is 19.3 Å². The number of aromatic nitrogens is 1. The van der Waals surface area contributed by atoms with E-state index in [0.29, 0.717) is 5.69 Å². The van der Waals surface area contributed by atoms with E-state index in [1.54, 1.807) is 17.5 Å². The number of ether oxygens (including phenoxy) is 1. The Morgan fingerprint density at radius 3 is 2.96 bits per heavy atom. The minimum Gasteiger partial charge on any atom is -0.378 e. The van der Waals surface area contributed by atoms with E-state index in [-0.39, 0.29) is 11.9 Å². The van der Waals surface area contributed by atoms with Crippen LogP contribution in [0.15, 0.2) is 35.8 Å². The fraction of sp³-hybridized carbons (Fsp3) is 0.412. The highest BCUT2D eigenvalue weighted by molar-refractivity contribution is 7.10. The Morgan fingerprint density at radius 1 is 1.43 bits per heavy atom. The van der Waals surface area contributed by atoms with E-state index in [1.165, 1.54) is 4.88 Å². The maximum atomic E-state index is 12.5. The lowest BCUT2D eigenvalue weighted by Crippen LogP contribution is -2.36. The Kier molecular flexibility index (Phi) is 5.25. The fourth-order valence-corrected chi connectivity index (χ4v) is 3.52. The summed E-state index contributed by atoms with van der Waals surface area (Å²) < 4.78 is 5.37. The Morgan fingerprint density at radius 2 is 2.26 bits per heavy atom. The van der Waals surface area contributed by atoms with Crippen molar-refractivity contribution >= 4 is 22.9 Å². The van der Waals surface area contributed by atoms with Gasteiger partial charge in [-0.25, -0.2) is 0 Å². The Bertz CT molecular complexity index is 639. The molecular weight excluding hydrogens is 310 g/mol. The van der Waals surface area contributed by atoms with Crippen molar-refractivity contribution in [3.63, 3.8) is 0 Å². The zero-order chi connectivity index (χ0) is 16.1. The van der Waals surface area contributed by atoms with Gasteiger partial charge in [-0.2, -0.15) is 0 Å². The number of carbonyl (C=O) groups excluding carboxylic acids is 1. The predicted molar refractivity (Wildman–Crippen MR) is 92.1 cm³/mol. The van der Waals surface area contributed by atoms with Gasteiger partial charge in [0.2, 0.25) is 0 Å². The summed E-state index contributed by atoms with van der Waals surface area (Å²) in [4.78, 5) is 20.2. The number of anilines is 1. The van der Waals surface area contributed by atoms with Crippen LogP contribution in [-0.4, -0.2) is 37.2 Å². The monoisotopic (exact) mass is 331 g/mol. The molecule has 1 amide bonds. The molecule has 0 aliphatic carbocycles. The van der Waals surface area contributed by atoms with Gasteiger partial charge in [-0.15, -0.1) is 11.3 Å². The number of nitrogens with zero attached hydrogens (tertiary/aromatic N) is 2. The first-order valence-electron chi connectivity index (χ1n) is 7.91. The first kappa shape index (κ1) is 16.0. The van der Waals surface area contributed by atoms with Crippen molar-refractivity contribution in [2.45, 2.75) is 19.4 Å². The van der Waals surface area contributed by atoms with Crippen LogP contribution in [0.1, 0.15) is 34.8 Å². The van der Waals surface area contributed by atoms with Gasteiger partial charge in [0.15, 0.2) is 0 Å². The SMILES string of the molecule is CCC(NC(=O)c1cc(N2CCOCC2)ccn1)c1cccs1. The molecule has 23 heavy (non-hydrogen) atoms. The topological polar surface area (TPSA) is 54.5 Å². The van der Waals surface area contributed by atoms with Gasteiger partial charge >= 0.3 is 0 Å². The van der Waals surface area contributed by atoms with Crippen LogP contribution >= 0.6 is 11.3 Å². The van der Waals surface area contributed by atoms with E-state index < -0.39 is 0 Å². The van der Waals surface area contributed by atoms with Crippen molar-refractivity contribution in [1.29, 1.82) is 0 Å². The number of carbonyl (C=O) groups is 1. The Balaban J connectivity index is 1.71. The summed E-state index contributed by atoms with van der Waals surface area (Å²) in [6.45, 7) is 5.21. The van der Waals surface area contributed by atoms with E-state index >= 15 is 0 Å². The van der Waals surface area contributed by atoms with Crippen LogP contribution in [0.5, 0.6) is 0 Å². The van der Waals surface area contributed by atoms with E-state index in [0.717, 1.165) is 38.4 Å². The summed E-state index contributed by atoms with van der Waals surface area (Å²) in [6, 6.07) is 7.90. The molecule has 1 aliphatic heterocycles. The molecule has 0 bridgehead atoms. The molecule has 2 aromatic heterocycles. The lowest BCUT2D eigenvalue weighted by atomic mass is 10.1. The highest BCUT2D eigenvalue weighted by atomic mass is 32.1. The number of hydrogen-bond acceptors (Lipinski definition) is 5. The zero-order valence-electron chi connectivity index (χ0n) is 13.2. The van der Waals surface area contributed by atoms with Crippen molar-refractivity contribution in [3.8, 4) is 0 Å². The quantitative estimate of drug-likeness (QED) is 0.915. The zero-order valence-corrected chi connectivity index (χ0v) is 14.0. The second-order valence-corrected chi connectivity index (χ2v) is 6.43. The van der Waals surface area contributed by atoms with Crippen LogP contribution in [0.25, 0.3) is 0 Å². The first-order valence-corrected chi connectivity index (χ1v) is 8.79. The maximum absolute atomic E-state index is 12.5. The molecule has 6 heteroatoms. The summed E-state index contributed by atoms with van der Waals surface area (Å²) in [5, 5.41) is 5.11. The van der Waals surface area contributed by atoms with Gasteiger partial charge < -0.3 is 15.0 Å². The number of hydrogen-bond donors (Lipinski definition) is 1. The average Bonchev–Trinajstić information content (AvgIpc) is 3.15. The van der Waals surface area contributed by atoms with E-state index in [9.17, 15) is 4.79 Å². The molecule has 1 saturated heterocycles. The normalized spacial score (nSPS) is 16.1. The summed E-state index contributed by atoms with van der Waals surface area (Å²) in [5.41, 5.74) is 1.49. The molecule has 3 heterocycles. The van der Waals surface area contributed by atoms with Gasteiger partial charge in [0.1, 0.15) is 5.69 Å². The third-order valence-corrected chi connectivity index (χ3v) is 4.94. The number of amides is 1. The molecule has 1 unspecified atom stereocenters. The summed E-state index contributed by atoms with van der Waals surface area (Å²) in [5.74, 6) is -0.125. The minimum atomic E-state index is -0.125. The average molecular weight is 331 g/mol. The summed E-state index contributed by atoms with van der Waals surface area (Å²) >= 11 is 1.66. The number of nitrogens with one attached hydrogen (secondary N) is 1. The minimum absolute atomic E-state index is 0.0383. The van der Waals surface area contributed by atoms with Crippen molar-refractivity contribution in [2.75, 3.05) is 31.2 Å². The second-order valence-electron chi connectivity index (χ2n) is 5.45.